The number of aryl methyl sites for hydroxylation is 1. The molecule has 1 amide bonds. The molecule has 2 saturated heterocycles. The van der Waals surface area contributed by atoms with Gasteiger partial charge in [0.05, 0.1) is 30.0 Å². The number of likely N-dealkylation sites (tertiary alicyclic amines) is 1. The molecule has 1 N–H and O–H groups in total. The van der Waals surface area contributed by atoms with Crippen molar-refractivity contribution >= 4 is 11.6 Å². The number of fused-ring (bicyclic) bond motifs is 1. The van der Waals surface area contributed by atoms with Gasteiger partial charge in [-0.15, -0.1) is 0 Å². The summed E-state index contributed by atoms with van der Waals surface area (Å²) >= 11 is 0. The topological polar surface area (TPSA) is 79.7 Å². The van der Waals surface area contributed by atoms with Crippen molar-refractivity contribution in [2.24, 2.45) is 5.92 Å². The van der Waals surface area contributed by atoms with E-state index in [1.807, 2.05) is 4.90 Å². The summed E-state index contributed by atoms with van der Waals surface area (Å²) in [4.78, 5) is 31.0. The molecule has 8 heteroatoms. The smallest absolute Gasteiger partial charge is 0.308 e. The number of hydrogen-bond acceptors (Lipinski definition) is 4. The van der Waals surface area contributed by atoms with Crippen LogP contribution in [0.15, 0.2) is 10.9 Å². The molecule has 134 valence electrons. The zero-order valence-electron chi connectivity index (χ0n) is 14.1. The summed E-state index contributed by atoms with van der Waals surface area (Å²) in [5.41, 5.74) is 0.435. The number of hydrogen-bond donors (Lipinski definition) is 1. The van der Waals surface area contributed by atoms with Crippen molar-refractivity contribution in [3.8, 4) is 0 Å². The average Bonchev–Trinajstić information content (AvgIpc) is 3.29. The summed E-state index contributed by atoms with van der Waals surface area (Å²) in [6.45, 7) is 3.25. The van der Waals surface area contributed by atoms with Crippen LogP contribution in [-0.2, 0) is 9.53 Å². The number of halogens is 1. The molecule has 7 nitrogen and oxygen atoms in total. The van der Waals surface area contributed by atoms with Gasteiger partial charge in [-0.25, -0.2) is 4.98 Å². The van der Waals surface area contributed by atoms with Crippen molar-refractivity contribution in [1.29, 1.82) is 0 Å². The lowest BCUT2D eigenvalue weighted by Gasteiger charge is -2.36. The van der Waals surface area contributed by atoms with E-state index in [0.717, 1.165) is 35.9 Å². The zero-order chi connectivity index (χ0) is 17.6. The SMILES string of the molecule is Cc1nc2cc([C@H]3CCCCN3C(=O)[C@@H]3CCOC3)[nH]n2c(=O)c1F. The molecule has 25 heavy (non-hydrogen) atoms. The summed E-state index contributed by atoms with van der Waals surface area (Å²) in [5.74, 6) is -0.848. The minimum atomic E-state index is -0.856. The van der Waals surface area contributed by atoms with Gasteiger partial charge in [-0.1, -0.05) is 0 Å². The third-order valence-electron chi connectivity index (χ3n) is 5.17. The van der Waals surface area contributed by atoms with Crippen molar-refractivity contribution < 1.29 is 13.9 Å². The molecule has 0 aliphatic carbocycles. The molecule has 2 atom stereocenters. The fourth-order valence-corrected chi connectivity index (χ4v) is 3.79. The summed E-state index contributed by atoms with van der Waals surface area (Å²) < 4.78 is 20.3. The number of aromatic nitrogens is 3. The predicted octanol–water partition coefficient (Wildman–Crippen LogP) is 1.56. The van der Waals surface area contributed by atoms with Gasteiger partial charge in [0, 0.05) is 19.2 Å². The van der Waals surface area contributed by atoms with Crippen LogP contribution in [0.2, 0.25) is 0 Å². The van der Waals surface area contributed by atoms with Crippen molar-refractivity contribution in [1.82, 2.24) is 19.5 Å². The molecule has 0 spiro atoms. The molecule has 2 fully saturated rings. The third kappa shape index (κ3) is 2.74. The van der Waals surface area contributed by atoms with Crippen LogP contribution in [0.5, 0.6) is 0 Å². The first kappa shape index (κ1) is 16.3. The number of H-pyrrole nitrogens is 1. The van der Waals surface area contributed by atoms with E-state index in [4.69, 9.17) is 4.74 Å². The Morgan fingerprint density at radius 2 is 2.24 bits per heavy atom. The highest BCUT2D eigenvalue weighted by molar-refractivity contribution is 5.79. The number of nitrogens with one attached hydrogen (secondary N) is 1. The van der Waals surface area contributed by atoms with E-state index in [1.165, 1.54) is 6.92 Å². The number of carbonyl (C=O) groups is 1. The van der Waals surface area contributed by atoms with Crippen LogP contribution >= 0.6 is 0 Å². The van der Waals surface area contributed by atoms with Crippen molar-refractivity contribution in [2.45, 2.75) is 38.6 Å². The quantitative estimate of drug-likeness (QED) is 0.893. The highest BCUT2D eigenvalue weighted by atomic mass is 19.1. The standard InChI is InChI=1S/C17H21FN4O3/c1-10-15(18)17(24)22-14(19-10)8-12(20-22)13-4-2-3-6-21(13)16(23)11-5-7-25-9-11/h8,11,13,20H,2-7,9H2,1H3/t11-,13-/m1/s1. The Balaban J connectivity index is 1.71. The number of nitrogens with zero attached hydrogens (tertiary/aromatic N) is 3. The van der Waals surface area contributed by atoms with Crippen LogP contribution in [0.1, 0.15) is 43.1 Å². The molecule has 2 aliphatic heterocycles. The van der Waals surface area contributed by atoms with Crippen LogP contribution in [0, 0.1) is 18.7 Å². The maximum absolute atomic E-state index is 13.8. The van der Waals surface area contributed by atoms with Crippen LogP contribution in [-0.4, -0.2) is 45.2 Å². The maximum atomic E-state index is 13.8. The molecule has 4 heterocycles. The van der Waals surface area contributed by atoms with E-state index in [2.05, 4.69) is 10.1 Å². The number of rotatable bonds is 2. The minimum absolute atomic E-state index is 0.0789. The zero-order valence-corrected chi connectivity index (χ0v) is 14.1. The van der Waals surface area contributed by atoms with E-state index in [-0.39, 0.29) is 23.6 Å². The van der Waals surface area contributed by atoms with Gasteiger partial charge in [0.2, 0.25) is 11.7 Å². The van der Waals surface area contributed by atoms with Gasteiger partial charge < -0.3 is 9.64 Å². The van der Waals surface area contributed by atoms with Gasteiger partial charge >= 0.3 is 5.56 Å². The van der Waals surface area contributed by atoms with Crippen LogP contribution in [0.4, 0.5) is 4.39 Å². The maximum Gasteiger partial charge on any atom is 0.308 e. The monoisotopic (exact) mass is 348 g/mol. The minimum Gasteiger partial charge on any atom is -0.381 e. The van der Waals surface area contributed by atoms with E-state index in [9.17, 15) is 14.0 Å². The lowest BCUT2D eigenvalue weighted by Crippen LogP contribution is -2.42. The fourth-order valence-electron chi connectivity index (χ4n) is 3.79. The number of ether oxygens (including phenoxy) is 1. The molecule has 2 aromatic heterocycles. The van der Waals surface area contributed by atoms with Gasteiger partial charge in [-0.05, 0) is 32.6 Å². The van der Waals surface area contributed by atoms with E-state index >= 15 is 0 Å². The second-order valence-corrected chi connectivity index (χ2v) is 6.83. The molecule has 2 aromatic rings. The van der Waals surface area contributed by atoms with Gasteiger partial charge in [0.15, 0.2) is 5.65 Å². The highest BCUT2D eigenvalue weighted by Gasteiger charge is 2.35. The number of aromatic amines is 1. The van der Waals surface area contributed by atoms with E-state index in [1.54, 1.807) is 6.07 Å². The summed E-state index contributed by atoms with van der Waals surface area (Å²) in [6.07, 6.45) is 3.52. The van der Waals surface area contributed by atoms with Gasteiger partial charge in [0.1, 0.15) is 0 Å². The molecule has 0 bridgehead atoms. The molecule has 0 radical (unpaired) electrons. The Morgan fingerprint density at radius 1 is 1.40 bits per heavy atom. The largest absolute Gasteiger partial charge is 0.381 e. The first-order chi connectivity index (χ1) is 12.1. The van der Waals surface area contributed by atoms with Crippen molar-refractivity contribution in [3.63, 3.8) is 0 Å². The lowest BCUT2D eigenvalue weighted by atomic mass is 9.96. The Kier molecular flexibility index (Phi) is 4.07. The molecule has 0 unspecified atom stereocenters. The normalized spacial score (nSPS) is 24.2. The molecular weight excluding hydrogens is 327 g/mol. The van der Waals surface area contributed by atoms with Crippen LogP contribution in [0.3, 0.4) is 0 Å². The summed E-state index contributed by atoms with van der Waals surface area (Å²) in [7, 11) is 0. The highest BCUT2D eigenvalue weighted by Crippen LogP contribution is 2.32. The second kappa shape index (κ2) is 6.25. The van der Waals surface area contributed by atoms with Crippen LogP contribution < -0.4 is 5.56 Å². The molecule has 4 rings (SSSR count). The van der Waals surface area contributed by atoms with Crippen LogP contribution in [0.25, 0.3) is 5.65 Å². The Morgan fingerprint density at radius 3 is 3.00 bits per heavy atom. The first-order valence-corrected chi connectivity index (χ1v) is 8.72. The Hall–Kier alpha value is -2.22. The predicted molar refractivity (Wildman–Crippen MR) is 87.7 cm³/mol. The Bertz CT molecular complexity index is 869. The number of carbonyl (C=O) groups excluding carboxylic acids is 1. The van der Waals surface area contributed by atoms with Crippen molar-refractivity contribution in [2.75, 3.05) is 19.8 Å². The van der Waals surface area contributed by atoms with Gasteiger partial charge in [-0.3, -0.25) is 14.7 Å². The fraction of sp³-hybridized carbons (Fsp3) is 0.588. The first-order valence-electron chi connectivity index (χ1n) is 8.72. The molecule has 2 aliphatic rings. The van der Waals surface area contributed by atoms with Crippen molar-refractivity contribution in [3.05, 3.63) is 33.6 Å². The van der Waals surface area contributed by atoms with E-state index in [0.29, 0.717) is 25.4 Å². The average molecular weight is 348 g/mol. The summed E-state index contributed by atoms with van der Waals surface area (Å²) in [6, 6.07) is 1.60. The number of piperidine rings is 1. The lowest BCUT2D eigenvalue weighted by molar-refractivity contribution is -0.139. The Labute approximate surface area is 143 Å². The molecule has 0 saturated carbocycles. The summed E-state index contributed by atoms with van der Waals surface area (Å²) in [5, 5.41) is 2.95. The van der Waals surface area contributed by atoms with E-state index < -0.39 is 11.4 Å². The second-order valence-electron chi connectivity index (χ2n) is 6.83. The number of amides is 1. The van der Waals surface area contributed by atoms with Gasteiger partial charge in [-0.2, -0.15) is 8.91 Å². The third-order valence-corrected chi connectivity index (χ3v) is 5.17. The van der Waals surface area contributed by atoms with Gasteiger partial charge in [0.25, 0.3) is 0 Å². The molecular formula is C17H21FN4O3. The molecule has 0 aromatic carbocycles.